The predicted octanol–water partition coefficient (Wildman–Crippen LogP) is 4.56. The lowest BCUT2D eigenvalue weighted by atomic mass is 10.1. The Kier molecular flexibility index (Phi) is 5.95. The van der Waals surface area contributed by atoms with Gasteiger partial charge in [-0.05, 0) is 43.5 Å². The van der Waals surface area contributed by atoms with Crippen LogP contribution in [0.2, 0.25) is 0 Å². The van der Waals surface area contributed by atoms with E-state index in [2.05, 4.69) is 44.2 Å². The Labute approximate surface area is 108 Å². The SMILES string of the molecule is C\C=C/C(=C\C=C(/C)c1ccc(CO)s1)CC. The molecule has 0 saturated heterocycles. The van der Waals surface area contributed by atoms with Gasteiger partial charge in [0.15, 0.2) is 0 Å². The zero-order valence-electron chi connectivity index (χ0n) is 10.7. The first-order chi connectivity index (χ1) is 8.21. The molecule has 0 radical (unpaired) electrons. The summed E-state index contributed by atoms with van der Waals surface area (Å²) in [4.78, 5) is 2.24. The van der Waals surface area contributed by atoms with Crippen LogP contribution in [0.4, 0.5) is 0 Å². The van der Waals surface area contributed by atoms with Crippen LogP contribution in [0.15, 0.2) is 42.0 Å². The van der Waals surface area contributed by atoms with Crippen LogP contribution in [-0.2, 0) is 6.61 Å². The highest BCUT2D eigenvalue weighted by Crippen LogP contribution is 2.24. The van der Waals surface area contributed by atoms with Crippen LogP contribution in [0.5, 0.6) is 0 Å². The summed E-state index contributed by atoms with van der Waals surface area (Å²) in [6.07, 6.45) is 9.55. The predicted molar refractivity (Wildman–Crippen MR) is 77.1 cm³/mol. The van der Waals surface area contributed by atoms with Gasteiger partial charge in [0.05, 0.1) is 6.61 Å². The number of aliphatic hydroxyl groups is 1. The van der Waals surface area contributed by atoms with Gasteiger partial charge in [0.2, 0.25) is 0 Å². The van der Waals surface area contributed by atoms with E-state index < -0.39 is 0 Å². The van der Waals surface area contributed by atoms with Gasteiger partial charge < -0.3 is 5.11 Å². The van der Waals surface area contributed by atoms with Crippen molar-refractivity contribution >= 4 is 16.9 Å². The Morgan fingerprint density at radius 2 is 2.12 bits per heavy atom. The first-order valence-corrected chi connectivity index (χ1v) is 6.73. The van der Waals surface area contributed by atoms with Crippen LogP contribution in [0, 0.1) is 0 Å². The van der Waals surface area contributed by atoms with Crippen LogP contribution in [0.3, 0.4) is 0 Å². The highest BCUT2D eigenvalue weighted by molar-refractivity contribution is 7.13. The average molecular weight is 248 g/mol. The van der Waals surface area contributed by atoms with E-state index in [0.717, 1.165) is 11.3 Å². The molecule has 1 nitrogen and oxygen atoms in total. The van der Waals surface area contributed by atoms with Crippen molar-refractivity contribution in [1.82, 2.24) is 0 Å². The maximum Gasteiger partial charge on any atom is 0.0774 e. The van der Waals surface area contributed by atoms with Crippen molar-refractivity contribution in [2.24, 2.45) is 0 Å². The summed E-state index contributed by atoms with van der Waals surface area (Å²) in [5, 5.41) is 9.03. The molecule has 1 aromatic rings. The van der Waals surface area contributed by atoms with Crippen molar-refractivity contribution in [3.8, 4) is 0 Å². The van der Waals surface area contributed by atoms with E-state index in [1.165, 1.54) is 16.0 Å². The van der Waals surface area contributed by atoms with Crippen molar-refractivity contribution in [3.05, 3.63) is 51.8 Å². The molecule has 1 aromatic heterocycles. The van der Waals surface area contributed by atoms with Crippen LogP contribution in [0.1, 0.15) is 36.9 Å². The minimum Gasteiger partial charge on any atom is -0.391 e. The third-order valence-corrected chi connectivity index (χ3v) is 3.75. The summed E-state index contributed by atoms with van der Waals surface area (Å²) in [6, 6.07) is 4.05. The Morgan fingerprint density at radius 3 is 2.65 bits per heavy atom. The van der Waals surface area contributed by atoms with E-state index in [1.807, 2.05) is 13.0 Å². The van der Waals surface area contributed by atoms with E-state index in [9.17, 15) is 0 Å². The summed E-state index contributed by atoms with van der Waals surface area (Å²) in [7, 11) is 0. The summed E-state index contributed by atoms with van der Waals surface area (Å²) < 4.78 is 0. The molecule has 92 valence electrons. The molecule has 0 unspecified atom stereocenters. The standard InChI is InChI=1S/C15H20OS/c1-4-6-13(5-2)8-7-12(3)15-10-9-14(11-16)17-15/h4,6-10,16H,5,11H2,1-3H3/b6-4-,12-7+,13-8-. The van der Waals surface area contributed by atoms with Gasteiger partial charge in [-0.25, -0.2) is 0 Å². The first kappa shape index (κ1) is 13.9. The Hall–Kier alpha value is -1.12. The van der Waals surface area contributed by atoms with Gasteiger partial charge in [0.25, 0.3) is 0 Å². The lowest BCUT2D eigenvalue weighted by Crippen LogP contribution is -1.75. The van der Waals surface area contributed by atoms with Gasteiger partial charge in [0, 0.05) is 9.75 Å². The van der Waals surface area contributed by atoms with E-state index in [-0.39, 0.29) is 6.61 Å². The quantitative estimate of drug-likeness (QED) is 0.758. The molecule has 17 heavy (non-hydrogen) atoms. The van der Waals surface area contributed by atoms with Crippen LogP contribution >= 0.6 is 11.3 Å². The molecule has 0 atom stereocenters. The van der Waals surface area contributed by atoms with Crippen molar-refractivity contribution in [2.45, 2.75) is 33.8 Å². The first-order valence-electron chi connectivity index (χ1n) is 5.91. The number of allylic oxidation sites excluding steroid dienone is 6. The van der Waals surface area contributed by atoms with Crippen LogP contribution in [0.25, 0.3) is 5.57 Å². The summed E-state index contributed by atoms with van der Waals surface area (Å²) in [6.45, 7) is 6.43. The Bertz CT molecular complexity index is 436. The second kappa shape index (κ2) is 7.25. The Morgan fingerprint density at radius 1 is 1.35 bits per heavy atom. The average Bonchev–Trinajstić information content (AvgIpc) is 2.82. The third kappa shape index (κ3) is 4.33. The van der Waals surface area contributed by atoms with Crippen molar-refractivity contribution < 1.29 is 5.11 Å². The molecule has 0 aliphatic carbocycles. The summed E-state index contributed by atoms with van der Waals surface area (Å²) in [5.74, 6) is 0. The molecule has 0 fully saturated rings. The Balaban J connectivity index is 2.84. The highest BCUT2D eigenvalue weighted by Gasteiger charge is 2.00. The molecule has 0 aliphatic heterocycles. The van der Waals surface area contributed by atoms with Crippen molar-refractivity contribution in [1.29, 1.82) is 0 Å². The maximum absolute atomic E-state index is 9.03. The smallest absolute Gasteiger partial charge is 0.0774 e. The lowest BCUT2D eigenvalue weighted by Gasteiger charge is -1.97. The van der Waals surface area contributed by atoms with E-state index in [0.29, 0.717) is 0 Å². The molecule has 1 heterocycles. The molecule has 0 bridgehead atoms. The molecule has 0 aliphatic rings. The highest BCUT2D eigenvalue weighted by atomic mass is 32.1. The molecule has 0 saturated carbocycles. The van der Waals surface area contributed by atoms with Gasteiger partial charge in [-0.15, -0.1) is 11.3 Å². The lowest BCUT2D eigenvalue weighted by molar-refractivity contribution is 0.285. The molecule has 1 N–H and O–H groups in total. The van der Waals surface area contributed by atoms with E-state index >= 15 is 0 Å². The third-order valence-electron chi connectivity index (χ3n) is 2.54. The molecule has 1 rings (SSSR count). The van der Waals surface area contributed by atoms with Gasteiger partial charge in [0.1, 0.15) is 0 Å². The molecule has 2 heteroatoms. The fraction of sp³-hybridized carbons (Fsp3) is 0.333. The minimum atomic E-state index is 0.132. The second-order valence-corrected chi connectivity index (χ2v) is 5.04. The number of rotatable bonds is 5. The van der Waals surface area contributed by atoms with Gasteiger partial charge in [-0.1, -0.05) is 31.2 Å². The monoisotopic (exact) mass is 248 g/mol. The summed E-state index contributed by atoms with van der Waals surface area (Å²) in [5.41, 5.74) is 2.57. The zero-order valence-corrected chi connectivity index (χ0v) is 11.6. The fourth-order valence-corrected chi connectivity index (χ4v) is 2.34. The molecular weight excluding hydrogens is 228 g/mol. The van der Waals surface area contributed by atoms with Crippen molar-refractivity contribution in [3.63, 3.8) is 0 Å². The number of hydrogen-bond acceptors (Lipinski definition) is 2. The molecule has 0 aromatic carbocycles. The van der Waals surface area contributed by atoms with Gasteiger partial charge in [-0.3, -0.25) is 0 Å². The maximum atomic E-state index is 9.03. The van der Waals surface area contributed by atoms with Gasteiger partial charge >= 0.3 is 0 Å². The van der Waals surface area contributed by atoms with Gasteiger partial charge in [-0.2, -0.15) is 0 Å². The second-order valence-electron chi connectivity index (χ2n) is 3.87. The van der Waals surface area contributed by atoms with Crippen LogP contribution in [-0.4, -0.2) is 5.11 Å². The number of aliphatic hydroxyl groups excluding tert-OH is 1. The van der Waals surface area contributed by atoms with Crippen molar-refractivity contribution in [2.75, 3.05) is 0 Å². The zero-order chi connectivity index (χ0) is 12.7. The number of thiophene rings is 1. The summed E-state index contributed by atoms with van der Waals surface area (Å²) >= 11 is 1.65. The largest absolute Gasteiger partial charge is 0.391 e. The fourth-order valence-electron chi connectivity index (χ4n) is 1.49. The molecular formula is C15H20OS. The molecule has 0 amide bonds. The number of hydrogen-bond donors (Lipinski definition) is 1. The van der Waals surface area contributed by atoms with E-state index in [1.54, 1.807) is 11.3 Å². The normalized spacial score (nSPS) is 13.6. The topological polar surface area (TPSA) is 20.2 Å². The van der Waals surface area contributed by atoms with Crippen LogP contribution < -0.4 is 0 Å². The van der Waals surface area contributed by atoms with E-state index in [4.69, 9.17) is 5.11 Å². The molecule has 0 spiro atoms. The minimum absolute atomic E-state index is 0.132.